The van der Waals surface area contributed by atoms with Gasteiger partial charge in [-0.25, -0.2) is 0 Å². The lowest BCUT2D eigenvalue weighted by atomic mass is 9.79. The summed E-state index contributed by atoms with van der Waals surface area (Å²) in [6.45, 7) is 14.9. The minimum Gasteiger partial charge on any atom is -0.363 e. The van der Waals surface area contributed by atoms with Crippen molar-refractivity contribution in [2.45, 2.75) is 27.7 Å². The van der Waals surface area contributed by atoms with Crippen LogP contribution in [0, 0.1) is 5.41 Å². The Hall–Kier alpha value is -0.760. The number of allylic oxidation sites excluding steroid dienone is 2. The summed E-state index contributed by atoms with van der Waals surface area (Å²) < 4.78 is 0. The fourth-order valence-electron chi connectivity index (χ4n) is 1.84. The van der Waals surface area contributed by atoms with Gasteiger partial charge in [-0.2, -0.15) is 0 Å². The van der Waals surface area contributed by atoms with Gasteiger partial charge in [-0.1, -0.05) is 19.1 Å². The van der Waals surface area contributed by atoms with Crippen LogP contribution in [0.5, 0.6) is 0 Å². The molecule has 14 heavy (non-hydrogen) atoms. The molecule has 0 spiro atoms. The maximum Gasteiger partial charge on any atom is 0.0323 e. The minimum atomic E-state index is 0.255. The van der Waals surface area contributed by atoms with E-state index in [2.05, 4.69) is 51.5 Å². The number of rotatable bonds is 3. The van der Waals surface area contributed by atoms with Crippen molar-refractivity contribution >= 4 is 0 Å². The molecule has 1 aliphatic rings. The second kappa shape index (κ2) is 3.77. The molecule has 2 nitrogen and oxygen atoms in total. The summed E-state index contributed by atoms with van der Waals surface area (Å²) in [5, 5.41) is 3.40. The summed E-state index contributed by atoms with van der Waals surface area (Å²) in [6, 6.07) is 0. The largest absolute Gasteiger partial charge is 0.363 e. The minimum absolute atomic E-state index is 0.255. The number of hydrogen-bond acceptors (Lipinski definition) is 2. The van der Waals surface area contributed by atoms with Gasteiger partial charge in [-0.15, -0.1) is 0 Å². The molecule has 1 aliphatic heterocycles. The Bertz CT molecular complexity index is 266. The maximum absolute atomic E-state index is 4.13. The van der Waals surface area contributed by atoms with E-state index in [1.165, 1.54) is 11.3 Å². The molecular formula is C12H22N2. The third-order valence-corrected chi connectivity index (χ3v) is 3.05. The van der Waals surface area contributed by atoms with Gasteiger partial charge < -0.3 is 10.2 Å². The summed E-state index contributed by atoms with van der Waals surface area (Å²) >= 11 is 0. The molecule has 1 saturated heterocycles. The van der Waals surface area contributed by atoms with Crippen LogP contribution in [-0.2, 0) is 0 Å². The van der Waals surface area contributed by atoms with Crippen molar-refractivity contribution in [1.29, 1.82) is 0 Å². The highest BCUT2D eigenvalue weighted by molar-refractivity contribution is 5.20. The first-order valence-electron chi connectivity index (χ1n) is 5.14. The van der Waals surface area contributed by atoms with E-state index < -0.39 is 0 Å². The van der Waals surface area contributed by atoms with E-state index in [-0.39, 0.29) is 5.41 Å². The van der Waals surface area contributed by atoms with Crippen LogP contribution in [-0.4, -0.2) is 25.0 Å². The predicted molar refractivity (Wildman–Crippen MR) is 61.9 cm³/mol. The molecule has 0 saturated carbocycles. The van der Waals surface area contributed by atoms with Crippen LogP contribution >= 0.6 is 0 Å². The summed E-state index contributed by atoms with van der Waals surface area (Å²) in [4.78, 5) is 2.31. The van der Waals surface area contributed by atoms with Crippen molar-refractivity contribution in [3.05, 3.63) is 23.5 Å². The average Bonchev–Trinajstić information content (AvgIpc) is 2.01. The molecule has 0 radical (unpaired) electrons. The first-order valence-corrected chi connectivity index (χ1v) is 5.14. The summed E-state index contributed by atoms with van der Waals surface area (Å²) in [5.41, 5.74) is 3.95. The van der Waals surface area contributed by atoms with E-state index in [4.69, 9.17) is 0 Å². The molecule has 2 heteroatoms. The molecule has 0 aromatic carbocycles. The van der Waals surface area contributed by atoms with Crippen molar-refractivity contribution in [2.24, 2.45) is 5.41 Å². The predicted octanol–water partition coefficient (Wildman–Crippen LogP) is 2.36. The topological polar surface area (TPSA) is 15.3 Å². The molecule has 1 heterocycles. The smallest absolute Gasteiger partial charge is 0.0323 e. The van der Waals surface area contributed by atoms with Crippen molar-refractivity contribution in [2.75, 3.05) is 20.1 Å². The van der Waals surface area contributed by atoms with Crippen LogP contribution in [0.4, 0.5) is 0 Å². The normalized spacial score (nSPS) is 19.8. The molecular weight excluding hydrogens is 172 g/mol. The van der Waals surface area contributed by atoms with E-state index in [1.807, 2.05) is 0 Å². The van der Waals surface area contributed by atoms with Crippen LogP contribution in [0.15, 0.2) is 23.5 Å². The zero-order valence-electron chi connectivity index (χ0n) is 10.1. The maximum atomic E-state index is 4.13. The Kier molecular flexibility index (Phi) is 3.05. The molecule has 0 aromatic rings. The molecule has 1 fully saturated rings. The lowest BCUT2D eigenvalue weighted by Gasteiger charge is -2.47. The molecule has 80 valence electrons. The van der Waals surface area contributed by atoms with E-state index in [9.17, 15) is 0 Å². The zero-order chi connectivity index (χ0) is 10.9. The van der Waals surface area contributed by atoms with Gasteiger partial charge >= 0.3 is 0 Å². The Morgan fingerprint density at radius 3 is 2.14 bits per heavy atom. The summed E-state index contributed by atoms with van der Waals surface area (Å²) in [6.07, 6.45) is 0. The molecule has 0 aromatic heterocycles. The summed E-state index contributed by atoms with van der Waals surface area (Å²) in [7, 11) is 2.14. The fourth-order valence-corrected chi connectivity index (χ4v) is 1.84. The number of hydrogen-bond donors (Lipinski definition) is 1. The van der Waals surface area contributed by atoms with E-state index >= 15 is 0 Å². The van der Waals surface area contributed by atoms with Gasteiger partial charge in [0.25, 0.3) is 0 Å². The van der Waals surface area contributed by atoms with Crippen molar-refractivity contribution in [3.8, 4) is 0 Å². The SMILES string of the molecule is C=C(NC(C)=C(C)C)C1(C)CN(C)C1. The van der Waals surface area contributed by atoms with Crippen molar-refractivity contribution in [3.63, 3.8) is 0 Å². The molecule has 0 amide bonds. The average molecular weight is 194 g/mol. The van der Waals surface area contributed by atoms with Crippen LogP contribution < -0.4 is 5.32 Å². The van der Waals surface area contributed by atoms with Crippen LogP contribution in [0.2, 0.25) is 0 Å². The standard InChI is InChI=1S/C12H22N2/c1-9(2)10(3)13-11(4)12(5)7-14(6)8-12/h13H,4,7-8H2,1-3,5-6H3. The quantitative estimate of drug-likeness (QED) is 0.742. The molecule has 1 rings (SSSR count). The van der Waals surface area contributed by atoms with E-state index in [0.717, 1.165) is 18.8 Å². The molecule has 1 N–H and O–H groups in total. The van der Waals surface area contributed by atoms with Gasteiger partial charge in [0, 0.05) is 29.9 Å². The van der Waals surface area contributed by atoms with Gasteiger partial charge in [0.1, 0.15) is 0 Å². The Labute approximate surface area is 87.7 Å². The highest BCUT2D eigenvalue weighted by Crippen LogP contribution is 2.34. The third kappa shape index (κ3) is 2.18. The molecule has 0 aliphatic carbocycles. The van der Waals surface area contributed by atoms with Crippen molar-refractivity contribution < 1.29 is 0 Å². The first-order chi connectivity index (χ1) is 6.35. The molecule has 0 atom stereocenters. The van der Waals surface area contributed by atoms with Gasteiger partial charge in [0.2, 0.25) is 0 Å². The second-order valence-electron chi connectivity index (χ2n) is 4.96. The van der Waals surface area contributed by atoms with Crippen molar-refractivity contribution in [1.82, 2.24) is 10.2 Å². The fraction of sp³-hybridized carbons (Fsp3) is 0.667. The highest BCUT2D eigenvalue weighted by Gasteiger charge is 2.38. The summed E-state index contributed by atoms with van der Waals surface area (Å²) in [5.74, 6) is 0. The first kappa shape index (κ1) is 11.3. The lowest BCUT2D eigenvalue weighted by molar-refractivity contribution is 0.0680. The lowest BCUT2D eigenvalue weighted by Crippen LogP contribution is -2.55. The van der Waals surface area contributed by atoms with Gasteiger partial charge in [0.15, 0.2) is 0 Å². The zero-order valence-corrected chi connectivity index (χ0v) is 10.1. The van der Waals surface area contributed by atoms with Gasteiger partial charge in [0.05, 0.1) is 0 Å². The second-order valence-corrected chi connectivity index (χ2v) is 4.96. The Balaban J connectivity index is 2.56. The van der Waals surface area contributed by atoms with E-state index in [1.54, 1.807) is 0 Å². The third-order valence-electron chi connectivity index (χ3n) is 3.05. The monoisotopic (exact) mass is 194 g/mol. The van der Waals surface area contributed by atoms with Crippen LogP contribution in [0.1, 0.15) is 27.7 Å². The van der Waals surface area contributed by atoms with Gasteiger partial charge in [-0.05, 0) is 27.8 Å². The van der Waals surface area contributed by atoms with Crippen LogP contribution in [0.3, 0.4) is 0 Å². The number of nitrogens with one attached hydrogen (secondary N) is 1. The van der Waals surface area contributed by atoms with Crippen LogP contribution in [0.25, 0.3) is 0 Å². The molecule has 0 unspecified atom stereocenters. The van der Waals surface area contributed by atoms with Gasteiger partial charge in [-0.3, -0.25) is 0 Å². The molecule has 0 bridgehead atoms. The highest BCUT2D eigenvalue weighted by atomic mass is 15.2. The van der Waals surface area contributed by atoms with E-state index in [0.29, 0.717) is 0 Å². The number of nitrogens with zero attached hydrogens (tertiary/aromatic N) is 1. The Morgan fingerprint density at radius 1 is 1.29 bits per heavy atom. The Morgan fingerprint density at radius 2 is 1.79 bits per heavy atom. The number of likely N-dealkylation sites (tertiary alicyclic amines) is 1.